The van der Waals surface area contributed by atoms with Gasteiger partial charge in [-0.05, 0) is 56.6 Å². The van der Waals surface area contributed by atoms with E-state index in [-0.39, 0.29) is 36.3 Å². The van der Waals surface area contributed by atoms with Gasteiger partial charge in [-0.2, -0.15) is 0 Å². The highest BCUT2D eigenvalue weighted by Crippen LogP contribution is 2.34. The number of carbonyl (C=O) groups excluding carboxylic acids is 2. The monoisotopic (exact) mass is 467 g/mol. The summed E-state index contributed by atoms with van der Waals surface area (Å²) in [6.07, 6.45) is 6.49. The summed E-state index contributed by atoms with van der Waals surface area (Å²) in [5.41, 5.74) is 0. The molecule has 3 unspecified atom stereocenters. The molecule has 186 valence electrons. The van der Waals surface area contributed by atoms with E-state index in [1.54, 1.807) is 4.90 Å². The molecule has 1 aliphatic heterocycles. The average Bonchev–Trinajstić information content (AvgIpc) is 3.18. The van der Waals surface area contributed by atoms with Gasteiger partial charge in [-0.25, -0.2) is 9.18 Å². The van der Waals surface area contributed by atoms with Crippen molar-refractivity contribution in [2.45, 2.75) is 89.0 Å². The molecule has 3 aliphatic rings. The van der Waals surface area contributed by atoms with Crippen molar-refractivity contribution in [3.63, 3.8) is 0 Å². The van der Waals surface area contributed by atoms with Gasteiger partial charge in [0.05, 0.1) is 13.1 Å². The van der Waals surface area contributed by atoms with Crippen molar-refractivity contribution in [1.29, 1.82) is 0 Å². The van der Waals surface area contributed by atoms with Crippen LogP contribution in [0.2, 0.25) is 5.82 Å². The Morgan fingerprint density at radius 2 is 1.91 bits per heavy atom. The molecule has 2 aliphatic carbocycles. The van der Waals surface area contributed by atoms with E-state index in [1.807, 2.05) is 19.9 Å². The minimum absolute atomic E-state index is 0.0802. The van der Waals surface area contributed by atoms with Crippen LogP contribution in [0.1, 0.15) is 58.8 Å². The van der Waals surface area contributed by atoms with Crippen LogP contribution in [0, 0.1) is 5.92 Å². The summed E-state index contributed by atoms with van der Waals surface area (Å²) in [6, 6.07) is -0.243. The normalized spacial score (nSPS) is 32.9. The van der Waals surface area contributed by atoms with Gasteiger partial charge in [0.25, 0.3) is 0 Å². The summed E-state index contributed by atoms with van der Waals surface area (Å²) in [5.74, 6) is -0.0635. The van der Waals surface area contributed by atoms with Crippen LogP contribution in [0.25, 0.3) is 0 Å². The fourth-order valence-electron chi connectivity index (χ4n) is 5.54. The van der Waals surface area contributed by atoms with Crippen LogP contribution >= 0.6 is 0 Å². The molecule has 2 amide bonds. The van der Waals surface area contributed by atoms with Crippen LogP contribution in [-0.4, -0.2) is 89.5 Å². The molecule has 0 aromatic heterocycles. The lowest BCUT2D eigenvalue weighted by Gasteiger charge is -2.40. The minimum atomic E-state index is -1.26. The highest BCUT2D eigenvalue weighted by molar-refractivity contribution is 6.43. The number of hydrogen-bond acceptors (Lipinski definition) is 6. The fraction of sp³-hybridized carbons (Fsp3) is 0.826. The second-order valence-corrected chi connectivity index (χ2v) is 9.62. The van der Waals surface area contributed by atoms with E-state index in [1.165, 1.54) is 6.08 Å². The number of hydrogen-bond donors (Lipinski definition) is 3. The van der Waals surface area contributed by atoms with E-state index >= 15 is 0 Å². The molecule has 0 radical (unpaired) electrons. The molecule has 10 heteroatoms. The number of rotatable bonds is 9. The smallest absolute Gasteiger partial charge is 0.442 e. The van der Waals surface area contributed by atoms with E-state index in [9.17, 15) is 24.0 Å². The van der Waals surface area contributed by atoms with Crippen molar-refractivity contribution in [2.24, 2.45) is 5.92 Å². The number of cyclic esters (lactones) is 1. The van der Waals surface area contributed by atoms with Gasteiger partial charge >= 0.3 is 13.2 Å². The maximum Gasteiger partial charge on any atom is 0.454 e. The van der Waals surface area contributed by atoms with Crippen molar-refractivity contribution >= 4 is 19.1 Å². The number of allylic oxidation sites excluding steroid dienone is 1. The Hall–Kier alpha value is -1.65. The van der Waals surface area contributed by atoms with Crippen LogP contribution in [0.5, 0.6) is 0 Å². The Morgan fingerprint density at radius 1 is 1.21 bits per heavy atom. The van der Waals surface area contributed by atoms with Gasteiger partial charge in [-0.15, -0.1) is 0 Å². The molecule has 0 bridgehead atoms. The molecule has 1 heterocycles. The van der Waals surface area contributed by atoms with E-state index in [4.69, 9.17) is 4.74 Å². The lowest BCUT2D eigenvalue weighted by Crippen LogP contribution is -2.50. The zero-order chi connectivity index (χ0) is 24.0. The Balaban J connectivity index is 1.40. The summed E-state index contributed by atoms with van der Waals surface area (Å²) < 4.78 is 20.3. The molecule has 3 fully saturated rings. The van der Waals surface area contributed by atoms with Crippen LogP contribution in [0.4, 0.5) is 9.18 Å². The van der Waals surface area contributed by atoms with Crippen molar-refractivity contribution in [2.75, 3.05) is 26.2 Å². The molecular formula is C23H39BFN3O5. The lowest BCUT2D eigenvalue weighted by molar-refractivity contribution is -0.116. The molecule has 33 heavy (non-hydrogen) atoms. The molecular weight excluding hydrogens is 428 g/mol. The van der Waals surface area contributed by atoms with E-state index < -0.39 is 25.5 Å². The largest absolute Gasteiger partial charge is 0.454 e. The zero-order valence-corrected chi connectivity index (χ0v) is 19.9. The van der Waals surface area contributed by atoms with E-state index in [0.29, 0.717) is 13.0 Å². The van der Waals surface area contributed by atoms with Gasteiger partial charge < -0.3 is 25.0 Å². The van der Waals surface area contributed by atoms with Gasteiger partial charge in [-0.1, -0.05) is 32.8 Å². The zero-order valence-electron chi connectivity index (χ0n) is 19.9. The Morgan fingerprint density at radius 3 is 2.52 bits per heavy atom. The molecule has 0 spiro atoms. The number of carbonyl (C=O) groups is 2. The van der Waals surface area contributed by atoms with Crippen LogP contribution in [-0.2, 0) is 9.53 Å². The molecule has 4 atom stereocenters. The Kier molecular flexibility index (Phi) is 9.58. The summed E-state index contributed by atoms with van der Waals surface area (Å²) in [5, 5.41) is 21.3. The first-order valence-electron chi connectivity index (χ1n) is 12.5. The quantitative estimate of drug-likeness (QED) is 0.355. The minimum Gasteiger partial charge on any atom is -0.442 e. The highest BCUT2D eigenvalue weighted by Gasteiger charge is 2.41. The predicted molar refractivity (Wildman–Crippen MR) is 124 cm³/mol. The van der Waals surface area contributed by atoms with Crippen molar-refractivity contribution < 1.29 is 28.8 Å². The van der Waals surface area contributed by atoms with Crippen molar-refractivity contribution in [3.05, 3.63) is 12.2 Å². The second-order valence-electron chi connectivity index (χ2n) is 9.62. The standard InChI is InChI=1S/C23H39BFN3O5/c1-3-27(4-2)21-11-10-18(13-20(21)25)28-15-19(33-23(28)30)14-26-22(29)12-7-16-5-8-17(9-6-16)24(31)32/h7,12,16-21,31-32H,3-6,8-11,13-15H2,1-2H3,(H,26,29)/b12-7+/t16?,17?,18?,19-,20?,21?/m0/s1. The number of ether oxygens (including phenoxy) is 1. The summed E-state index contributed by atoms with van der Waals surface area (Å²) in [7, 11) is -1.26. The molecule has 1 saturated heterocycles. The van der Waals surface area contributed by atoms with E-state index in [2.05, 4.69) is 10.2 Å². The summed E-state index contributed by atoms with van der Waals surface area (Å²) in [6.45, 7) is 6.32. The summed E-state index contributed by atoms with van der Waals surface area (Å²) >= 11 is 0. The predicted octanol–water partition coefficient (Wildman–Crippen LogP) is 2.11. The maximum absolute atomic E-state index is 14.8. The molecule has 0 aromatic rings. The molecule has 0 aromatic carbocycles. The molecule has 8 nitrogen and oxygen atoms in total. The third-order valence-electron chi connectivity index (χ3n) is 7.60. The molecule has 2 saturated carbocycles. The first-order valence-corrected chi connectivity index (χ1v) is 12.5. The van der Waals surface area contributed by atoms with Crippen LogP contribution in [0.3, 0.4) is 0 Å². The first kappa shape index (κ1) is 26.0. The number of amides is 2. The third kappa shape index (κ3) is 6.93. The SMILES string of the molecule is CCN(CC)C1CCC(N2C[C@H](CNC(=O)/C=C/C3CCC(B(O)O)CC3)OC2=O)CC1F. The van der Waals surface area contributed by atoms with Crippen molar-refractivity contribution in [3.8, 4) is 0 Å². The molecule has 3 N–H and O–H groups in total. The maximum atomic E-state index is 14.8. The van der Waals surface area contributed by atoms with Gasteiger partial charge in [0.1, 0.15) is 12.3 Å². The Labute approximate surface area is 196 Å². The van der Waals surface area contributed by atoms with Crippen molar-refractivity contribution in [1.82, 2.24) is 15.1 Å². The number of nitrogens with one attached hydrogen (secondary N) is 1. The van der Waals surface area contributed by atoms with Gasteiger partial charge in [0.2, 0.25) is 5.91 Å². The topological polar surface area (TPSA) is 102 Å². The van der Waals surface area contributed by atoms with Gasteiger partial charge in [0.15, 0.2) is 0 Å². The van der Waals surface area contributed by atoms with Gasteiger partial charge in [0, 0.05) is 18.5 Å². The second kappa shape index (κ2) is 12.2. The number of alkyl halides is 1. The van der Waals surface area contributed by atoms with Crippen LogP contribution in [0.15, 0.2) is 12.2 Å². The average molecular weight is 467 g/mol. The highest BCUT2D eigenvalue weighted by atomic mass is 19.1. The number of halogens is 1. The Bertz CT molecular complexity index is 685. The van der Waals surface area contributed by atoms with Crippen LogP contribution < -0.4 is 5.32 Å². The summed E-state index contributed by atoms with van der Waals surface area (Å²) in [4.78, 5) is 28.4. The first-order chi connectivity index (χ1) is 15.8. The fourth-order valence-corrected chi connectivity index (χ4v) is 5.54. The van der Waals surface area contributed by atoms with Gasteiger partial charge in [-0.3, -0.25) is 9.69 Å². The lowest BCUT2D eigenvalue weighted by atomic mass is 9.63. The molecule has 3 rings (SSSR count). The number of nitrogens with zero attached hydrogens (tertiary/aromatic N) is 2. The third-order valence-corrected chi connectivity index (χ3v) is 7.60. The van der Waals surface area contributed by atoms with E-state index in [0.717, 1.165) is 51.6 Å².